The van der Waals surface area contributed by atoms with Gasteiger partial charge in [-0.15, -0.1) is 0 Å². The van der Waals surface area contributed by atoms with Crippen LogP contribution < -0.4 is 0 Å². The molecule has 22 heavy (non-hydrogen) atoms. The van der Waals surface area contributed by atoms with E-state index in [4.69, 9.17) is 0 Å². The van der Waals surface area contributed by atoms with Crippen molar-refractivity contribution in [2.75, 3.05) is 27.2 Å². The zero-order valence-electron chi connectivity index (χ0n) is 14.0. The lowest BCUT2D eigenvalue weighted by molar-refractivity contribution is -0.136. The van der Waals surface area contributed by atoms with Gasteiger partial charge in [0.15, 0.2) is 0 Å². The number of amides is 1. The Morgan fingerprint density at radius 2 is 2.23 bits per heavy atom. The molecule has 1 aliphatic heterocycles. The van der Waals surface area contributed by atoms with E-state index >= 15 is 0 Å². The van der Waals surface area contributed by atoms with Gasteiger partial charge >= 0.3 is 0 Å². The number of nitrogens with zero attached hydrogens (tertiary/aromatic N) is 5. The Hall–Kier alpha value is -1.47. The van der Waals surface area contributed by atoms with Crippen LogP contribution in [0.4, 0.5) is 0 Å². The molecule has 0 radical (unpaired) electrons. The van der Waals surface area contributed by atoms with E-state index in [1.54, 1.807) is 20.4 Å². The smallest absolute Gasteiger partial charge is 0.224 e. The van der Waals surface area contributed by atoms with Crippen LogP contribution in [0.3, 0.4) is 0 Å². The first-order valence-electron chi connectivity index (χ1n) is 7.84. The van der Waals surface area contributed by atoms with Crippen molar-refractivity contribution < 1.29 is 9.90 Å². The molecule has 1 saturated heterocycles. The monoisotopic (exact) mass is 309 g/mol. The number of carbonyl (C=O) groups is 1. The minimum absolute atomic E-state index is 0.0327. The molecule has 1 aromatic heterocycles. The molecule has 0 aliphatic carbocycles. The third-order valence-electron chi connectivity index (χ3n) is 4.11. The van der Waals surface area contributed by atoms with Crippen molar-refractivity contribution in [1.82, 2.24) is 24.6 Å². The minimum Gasteiger partial charge on any atom is -0.388 e. The first-order chi connectivity index (χ1) is 10.3. The molecule has 1 N–H and O–H groups in total. The number of piperidine rings is 1. The Balaban J connectivity index is 2.01. The first kappa shape index (κ1) is 16.9. The molecule has 7 heteroatoms. The Morgan fingerprint density at radius 3 is 2.86 bits per heavy atom. The second kappa shape index (κ2) is 6.75. The van der Waals surface area contributed by atoms with E-state index in [1.807, 2.05) is 4.68 Å². The van der Waals surface area contributed by atoms with E-state index in [0.29, 0.717) is 19.5 Å². The third-order valence-corrected chi connectivity index (χ3v) is 4.11. The Labute approximate surface area is 131 Å². The molecule has 1 fully saturated rings. The lowest BCUT2D eigenvalue weighted by atomic mass is 9.89. The normalized spacial score (nSPS) is 23.0. The van der Waals surface area contributed by atoms with Gasteiger partial charge in [0, 0.05) is 26.7 Å². The van der Waals surface area contributed by atoms with Gasteiger partial charge in [-0.3, -0.25) is 9.69 Å². The van der Waals surface area contributed by atoms with Gasteiger partial charge in [0.2, 0.25) is 5.91 Å². The average molecular weight is 309 g/mol. The molecule has 1 unspecified atom stereocenters. The highest BCUT2D eigenvalue weighted by Crippen LogP contribution is 2.26. The molecule has 1 atom stereocenters. The molecule has 1 aromatic rings. The van der Waals surface area contributed by atoms with Crippen molar-refractivity contribution in [1.29, 1.82) is 0 Å². The Bertz CT molecular complexity index is 514. The van der Waals surface area contributed by atoms with E-state index < -0.39 is 5.60 Å². The fourth-order valence-electron chi connectivity index (χ4n) is 2.94. The summed E-state index contributed by atoms with van der Waals surface area (Å²) in [6.45, 7) is 6.19. The van der Waals surface area contributed by atoms with Gasteiger partial charge in [-0.1, -0.05) is 0 Å². The van der Waals surface area contributed by atoms with Crippen molar-refractivity contribution in [2.45, 2.75) is 51.3 Å². The van der Waals surface area contributed by atoms with Crippen LogP contribution in [-0.2, 0) is 11.3 Å². The number of hydrogen-bond donors (Lipinski definition) is 1. The SMILES string of the molecule is CC(C)n1ncnc1CN1CCCC(O)(CC(=O)N(C)C)C1. The predicted molar refractivity (Wildman–Crippen MR) is 83.2 cm³/mol. The molecular formula is C15H27N5O2. The molecule has 2 rings (SSSR count). The number of aromatic nitrogens is 3. The lowest BCUT2D eigenvalue weighted by Gasteiger charge is -2.39. The summed E-state index contributed by atoms with van der Waals surface area (Å²) >= 11 is 0. The Morgan fingerprint density at radius 1 is 1.50 bits per heavy atom. The van der Waals surface area contributed by atoms with Gasteiger partial charge in [-0.25, -0.2) is 9.67 Å². The van der Waals surface area contributed by atoms with Crippen LogP contribution in [0.25, 0.3) is 0 Å². The van der Waals surface area contributed by atoms with Crippen molar-refractivity contribution in [3.05, 3.63) is 12.2 Å². The van der Waals surface area contributed by atoms with Gasteiger partial charge < -0.3 is 10.0 Å². The van der Waals surface area contributed by atoms with Crippen LogP contribution in [-0.4, -0.2) is 68.4 Å². The van der Waals surface area contributed by atoms with Crippen LogP contribution >= 0.6 is 0 Å². The largest absolute Gasteiger partial charge is 0.388 e. The number of carbonyl (C=O) groups excluding carboxylic acids is 1. The summed E-state index contributed by atoms with van der Waals surface area (Å²) < 4.78 is 1.90. The van der Waals surface area contributed by atoms with Crippen molar-refractivity contribution in [3.8, 4) is 0 Å². The van der Waals surface area contributed by atoms with Crippen LogP contribution in [0.15, 0.2) is 6.33 Å². The first-order valence-corrected chi connectivity index (χ1v) is 7.84. The highest BCUT2D eigenvalue weighted by molar-refractivity contribution is 5.76. The molecule has 0 spiro atoms. The van der Waals surface area contributed by atoms with E-state index in [1.165, 1.54) is 4.90 Å². The number of rotatable bonds is 5. The average Bonchev–Trinajstić information content (AvgIpc) is 2.86. The second-order valence-corrected chi connectivity index (χ2v) is 6.72. The maximum atomic E-state index is 11.9. The van der Waals surface area contributed by atoms with E-state index in [-0.39, 0.29) is 18.4 Å². The molecule has 0 bridgehead atoms. The Kier molecular flexibility index (Phi) is 5.18. The van der Waals surface area contributed by atoms with Gasteiger partial charge in [-0.2, -0.15) is 5.10 Å². The van der Waals surface area contributed by atoms with Crippen molar-refractivity contribution >= 4 is 5.91 Å². The zero-order valence-corrected chi connectivity index (χ0v) is 14.0. The van der Waals surface area contributed by atoms with Gasteiger partial charge in [0.25, 0.3) is 0 Å². The minimum atomic E-state index is -0.942. The highest BCUT2D eigenvalue weighted by atomic mass is 16.3. The van der Waals surface area contributed by atoms with E-state index in [2.05, 4.69) is 28.8 Å². The van der Waals surface area contributed by atoms with Crippen LogP contribution in [0, 0.1) is 0 Å². The number of β-amino-alcohol motifs (C(OH)–C–C–N with tert-alkyl or cyclic N) is 1. The van der Waals surface area contributed by atoms with E-state index in [0.717, 1.165) is 18.8 Å². The quantitative estimate of drug-likeness (QED) is 0.865. The van der Waals surface area contributed by atoms with E-state index in [9.17, 15) is 9.90 Å². The van der Waals surface area contributed by atoms with Crippen molar-refractivity contribution in [2.24, 2.45) is 0 Å². The number of hydrogen-bond acceptors (Lipinski definition) is 5. The maximum absolute atomic E-state index is 11.9. The summed E-state index contributed by atoms with van der Waals surface area (Å²) in [6, 6.07) is 0.261. The van der Waals surface area contributed by atoms with Crippen LogP contribution in [0.5, 0.6) is 0 Å². The summed E-state index contributed by atoms with van der Waals surface area (Å²) in [6.07, 6.45) is 3.29. The van der Waals surface area contributed by atoms with Gasteiger partial charge in [-0.05, 0) is 33.2 Å². The summed E-state index contributed by atoms with van der Waals surface area (Å²) in [5, 5.41) is 15.0. The maximum Gasteiger partial charge on any atom is 0.224 e. The molecule has 7 nitrogen and oxygen atoms in total. The molecule has 2 heterocycles. The van der Waals surface area contributed by atoms with Crippen LogP contribution in [0.2, 0.25) is 0 Å². The zero-order chi connectivity index (χ0) is 16.3. The molecular weight excluding hydrogens is 282 g/mol. The topological polar surface area (TPSA) is 74.5 Å². The highest BCUT2D eigenvalue weighted by Gasteiger charge is 2.36. The molecule has 124 valence electrons. The van der Waals surface area contributed by atoms with Gasteiger partial charge in [0.1, 0.15) is 12.2 Å². The third kappa shape index (κ3) is 4.04. The number of likely N-dealkylation sites (tertiary alicyclic amines) is 1. The fourth-order valence-corrected chi connectivity index (χ4v) is 2.94. The molecule has 0 saturated carbocycles. The standard InChI is InChI=1S/C15H27N5O2/c1-12(2)20-13(16-11-17-20)9-19-7-5-6-15(22,10-19)8-14(21)18(3)4/h11-12,22H,5-10H2,1-4H3. The summed E-state index contributed by atoms with van der Waals surface area (Å²) in [5.74, 6) is 0.868. The molecule has 1 aliphatic rings. The summed E-state index contributed by atoms with van der Waals surface area (Å²) in [5.41, 5.74) is -0.942. The molecule has 1 amide bonds. The lowest BCUT2D eigenvalue weighted by Crippen LogP contribution is -2.50. The number of aliphatic hydroxyl groups is 1. The summed E-state index contributed by atoms with van der Waals surface area (Å²) in [4.78, 5) is 19.9. The van der Waals surface area contributed by atoms with Crippen molar-refractivity contribution in [3.63, 3.8) is 0 Å². The fraction of sp³-hybridized carbons (Fsp3) is 0.800. The predicted octanol–water partition coefficient (Wildman–Crippen LogP) is 0.664. The second-order valence-electron chi connectivity index (χ2n) is 6.72. The van der Waals surface area contributed by atoms with Gasteiger partial charge in [0.05, 0.1) is 18.6 Å². The summed E-state index contributed by atoms with van der Waals surface area (Å²) in [7, 11) is 3.44. The molecule has 0 aromatic carbocycles. The van der Waals surface area contributed by atoms with Crippen LogP contribution in [0.1, 0.15) is 45.0 Å².